The summed E-state index contributed by atoms with van der Waals surface area (Å²) in [6.45, 7) is 11.4. The van der Waals surface area contributed by atoms with Crippen LogP contribution in [0, 0.1) is 24.2 Å². The van der Waals surface area contributed by atoms with Gasteiger partial charge >= 0.3 is 0 Å². The van der Waals surface area contributed by atoms with Crippen LogP contribution in [0.2, 0.25) is 0 Å². The molecule has 48 heavy (non-hydrogen) atoms. The van der Waals surface area contributed by atoms with E-state index in [1.807, 2.05) is 31.2 Å². The molecule has 7 nitrogen and oxygen atoms in total. The van der Waals surface area contributed by atoms with E-state index in [1.54, 1.807) is 0 Å². The van der Waals surface area contributed by atoms with Gasteiger partial charge in [-0.15, -0.1) is 21.5 Å². The molecule has 0 radical (unpaired) electrons. The summed E-state index contributed by atoms with van der Waals surface area (Å²) in [7, 11) is 0. The van der Waals surface area contributed by atoms with Crippen LogP contribution in [0.25, 0.3) is 23.5 Å². The summed E-state index contributed by atoms with van der Waals surface area (Å²) in [4.78, 5) is 14.6. The molecule has 6 rings (SSSR count). The first-order valence-electron chi connectivity index (χ1n) is 16.8. The lowest BCUT2D eigenvalue weighted by molar-refractivity contribution is -0.113. The Balaban J connectivity index is 1.21. The van der Waals surface area contributed by atoms with E-state index in [2.05, 4.69) is 96.3 Å². The highest BCUT2D eigenvalue weighted by molar-refractivity contribution is 7.99. The fourth-order valence-corrected chi connectivity index (χ4v) is 8.93. The number of nitriles is 1. The maximum atomic E-state index is 13.5. The number of amides is 1. The number of hydrogen-bond donors (Lipinski definition) is 1. The van der Waals surface area contributed by atoms with Crippen LogP contribution >= 0.6 is 23.1 Å². The van der Waals surface area contributed by atoms with Gasteiger partial charge in [-0.3, -0.25) is 9.36 Å². The van der Waals surface area contributed by atoms with Crippen LogP contribution in [0.3, 0.4) is 0 Å². The third-order valence-corrected chi connectivity index (χ3v) is 11.7. The Kier molecular flexibility index (Phi) is 10.2. The van der Waals surface area contributed by atoms with Crippen LogP contribution in [0.5, 0.6) is 5.75 Å². The summed E-state index contributed by atoms with van der Waals surface area (Å²) in [6.07, 6.45) is 11.8. The van der Waals surface area contributed by atoms with Crippen molar-refractivity contribution in [2.45, 2.75) is 83.3 Å². The monoisotopic (exact) mass is 677 g/mol. The number of thioether (sulfide) groups is 1. The summed E-state index contributed by atoms with van der Waals surface area (Å²) >= 11 is 2.93. The molecule has 1 N–H and O–H groups in total. The van der Waals surface area contributed by atoms with Crippen molar-refractivity contribution in [2.75, 3.05) is 17.7 Å². The standard InChI is InChI=1S/C39H43N5O2S2/c1-6-46-30-18-16-27(17-19-30)14-15-28-21-31-32(23-40)37(48-35(31)39(4,5)22-28)41-34(45)24-47-38-43-42-36(29-12-9-10-25(2)20-29)44(38)33-13-8-7-11-26(33)3/h9-10,12,14-21,26,33H,6-8,11,13,22,24H2,1-5H3,(H,41,45)/b15-14+/t26-,33+/m1/s1. The second kappa shape index (κ2) is 14.6. The van der Waals surface area contributed by atoms with Crippen molar-refractivity contribution in [1.82, 2.24) is 14.8 Å². The number of benzene rings is 2. The lowest BCUT2D eigenvalue weighted by Gasteiger charge is -2.31. The molecule has 1 saturated carbocycles. The highest BCUT2D eigenvalue weighted by Gasteiger charge is 2.34. The third kappa shape index (κ3) is 7.30. The maximum Gasteiger partial charge on any atom is 0.235 e. The molecule has 2 aromatic heterocycles. The summed E-state index contributed by atoms with van der Waals surface area (Å²) in [5.41, 5.74) is 5.69. The topological polar surface area (TPSA) is 92.8 Å². The van der Waals surface area contributed by atoms with Crippen molar-refractivity contribution < 1.29 is 9.53 Å². The number of nitrogens with zero attached hydrogens (tertiary/aromatic N) is 4. The van der Waals surface area contributed by atoms with Gasteiger partial charge in [-0.25, -0.2) is 0 Å². The molecular formula is C39H43N5O2S2. The molecular weight excluding hydrogens is 635 g/mol. The largest absolute Gasteiger partial charge is 0.494 e. The Morgan fingerprint density at radius 1 is 1.17 bits per heavy atom. The Labute approximate surface area is 292 Å². The van der Waals surface area contributed by atoms with E-state index < -0.39 is 0 Å². The summed E-state index contributed by atoms with van der Waals surface area (Å²) < 4.78 is 7.84. The Hall–Kier alpha value is -4.13. The van der Waals surface area contributed by atoms with Crippen LogP contribution < -0.4 is 10.1 Å². The first-order valence-corrected chi connectivity index (χ1v) is 18.6. The lowest BCUT2D eigenvalue weighted by atomic mass is 9.77. The zero-order chi connectivity index (χ0) is 33.8. The number of aromatic nitrogens is 3. The van der Waals surface area contributed by atoms with Crippen molar-refractivity contribution in [2.24, 2.45) is 5.92 Å². The normalized spacial score (nSPS) is 18.6. The van der Waals surface area contributed by atoms with Gasteiger partial charge in [0.1, 0.15) is 16.8 Å². The van der Waals surface area contributed by atoms with Gasteiger partial charge in [0.05, 0.1) is 17.9 Å². The average Bonchev–Trinajstić information content (AvgIpc) is 3.65. The van der Waals surface area contributed by atoms with Crippen LogP contribution in [0.4, 0.5) is 5.00 Å². The Bertz CT molecular complexity index is 1890. The second-order valence-corrected chi connectivity index (χ2v) is 15.5. The van der Waals surface area contributed by atoms with E-state index in [1.165, 1.54) is 47.9 Å². The minimum absolute atomic E-state index is 0.157. The summed E-state index contributed by atoms with van der Waals surface area (Å²) in [5.74, 6) is 2.24. The van der Waals surface area contributed by atoms with E-state index >= 15 is 0 Å². The number of aryl methyl sites for hydroxylation is 1. The van der Waals surface area contributed by atoms with Crippen molar-refractivity contribution >= 4 is 46.2 Å². The van der Waals surface area contributed by atoms with Crippen molar-refractivity contribution in [3.8, 4) is 23.2 Å². The van der Waals surface area contributed by atoms with Crippen LogP contribution in [0.15, 0.2) is 65.3 Å². The zero-order valence-corrected chi connectivity index (χ0v) is 30.0. The first kappa shape index (κ1) is 33.8. The number of allylic oxidation sites excluding steroid dienone is 2. The fourth-order valence-electron chi connectivity index (χ4n) is 6.89. The first-order chi connectivity index (χ1) is 23.2. The number of fused-ring (bicyclic) bond motifs is 1. The number of ether oxygens (including phenoxy) is 1. The molecule has 2 aliphatic rings. The molecule has 9 heteroatoms. The predicted molar refractivity (Wildman–Crippen MR) is 198 cm³/mol. The van der Waals surface area contributed by atoms with Gasteiger partial charge in [-0.05, 0) is 74.4 Å². The Morgan fingerprint density at radius 2 is 1.96 bits per heavy atom. The molecule has 0 saturated heterocycles. The molecule has 2 aromatic carbocycles. The lowest BCUT2D eigenvalue weighted by Crippen LogP contribution is -2.23. The average molecular weight is 678 g/mol. The summed E-state index contributed by atoms with van der Waals surface area (Å²) in [5, 5.41) is 24.0. The molecule has 2 aliphatic carbocycles. The molecule has 4 aromatic rings. The number of carbonyl (C=O) groups excluding carboxylic acids is 1. The number of rotatable bonds is 10. The van der Waals surface area contributed by atoms with Crippen molar-refractivity contribution in [1.29, 1.82) is 5.26 Å². The highest BCUT2D eigenvalue weighted by Crippen LogP contribution is 2.48. The molecule has 2 atom stereocenters. The molecule has 0 spiro atoms. The van der Waals surface area contributed by atoms with Crippen LogP contribution in [-0.2, 0) is 10.2 Å². The fraction of sp³-hybridized carbons (Fsp3) is 0.385. The second-order valence-electron chi connectivity index (χ2n) is 13.5. The van der Waals surface area contributed by atoms with Crippen LogP contribution in [0.1, 0.15) is 93.0 Å². The molecule has 0 unspecified atom stereocenters. The molecule has 0 bridgehead atoms. The molecule has 248 valence electrons. The van der Waals surface area contributed by atoms with E-state index in [0.29, 0.717) is 23.1 Å². The van der Waals surface area contributed by atoms with Gasteiger partial charge in [0, 0.05) is 27.5 Å². The van der Waals surface area contributed by atoms with Gasteiger partial charge in [-0.2, -0.15) is 5.26 Å². The molecule has 1 fully saturated rings. The number of hydrogen-bond acceptors (Lipinski definition) is 7. The van der Waals surface area contributed by atoms with Gasteiger partial charge in [0.15, 0.2) is 11.0 Å². The van der Waals surface area contributed by atoms with Crippen LogP contribution in [-0.4, -0.2) is 33.0 Å². The van der Waals surface area contributed by atoms with Gasteiger partial charge in [0.2, 0.25) is 5.91 Å². The number of anilines is 1. The smallest absolute Gasteiger partial charge is 0.235 e. The Morgan fingerprint density at radius 3 is 2.69 bits per heavy atom. The van der Waals surface area contributed by atoms with E-state index in [0.717, 1.165) is 56.7 Å². The van der Waals surface area contributed by atoms with Crippen molar-refractivity contribution in [3.05, 3.63) is 87.3 Å². The van der Waals surface area contributed by atoms with Crippen molar-refractivity contribution in [3.63, 3.8) is 0 Å². The molecule has 1 amide bonds. The SMILES string of the molecule is CCOc1ccc(/C=C/C2=Cc3c(sc(NC(=O)CSc4nnc(-c5cccc(C)c5)n4[C@H]4CCCC[C@H]4C)c3C#N)C(C)(C)C2)cc1. The number of carbonyl (C=O) groups is 1. The minimum atomic E-state index is -0.185. The minimum Gasteiger partial charge on any atom is -0.494 e. The zero-order valence-electron chi connectivity index (χ0n) is 28.4. The quantitative estimate of drug-likeness (QED) is 0.168. The third-order valence-electron chi connectivity index (χ3n) is 9.25. The van der Waals surface area contributed by atoms with Gasteiger partial charge < -0.3 is 10.1 Å². The van der Waals surface area contributed by atoms with Gasteiger partial charge in [0.25, 0.3) is 0 Å². The molecule has 2 heterocycles. The maximum absolute atomic E-state index is 13.5. The number of thiophene rings is 1. The highest BCUT2D eigenvalue weighted by atomic mass is 32.2. The van der Waals surface area contributed by atoms with E-state index in [-0.39, 0.29) is 23.1 Å². The van der Waals surface area contributed by atoms with E-state index in [9.17, 15) is 10.1 Å². The molecule has 0 aliphatic heterocycles. The van der Waals surface area contributed by atoms with Gasteiger partial charge in [-0.1, -0.05) is 93.4 Å². The van der Waals surface area contributed by atoms with E-state index in [4.69, 9.17) is 4.74 Å². The number of nitrogens with one attached hydrogen (secondary N) is 1. The predicted octanol–water partition coefficient (Wildman–Crippen LogP) is 9.85. The summed E-state index contributed by atoms with van der Waals surface area (Å²) in [6, 6.07) is 19.1.